The first kappa shape index (κ1) is 21.7. The number of nitrogens with zero attached hydrogens (tertiary/aromatic N) is 2. The van der Waals surface area contributed by atoms with Crippen LogP contribution in [-0.2, 0) is 11.2 Å². The van der Waals surface area contributed by atoms with Crippen LogP contribution >= 0.6 is 11.3 Å². The number of nitrogens with two attached hydrogens (primary N) is 1. The highest BCUT2D eigenvalue weighted by Crippen LogP contribution is 2.33. The Morgan fingerprint density at radius 3 is 2.59 bits per heavy atom. The third-order valence-electron chi connectivity index (χ3n) is 5.51. The zero-order valence-corrected chi connectivity index (χ0v) is 19.1. The van der Waals surface area contributed by atoms with E-state index < -0.39 is 5.91 Å². The standard InChI is InChI=1S/C24H23FN4O2S/c1-12-5-8-19-27-22(16-6-7-17(25)13(2)9-16)18(29(19)11-12)10-20(30)28-24-21(23(26)31)14(3)15(4)32-24/h5-9,11H,10H2,1-4H3,(H2,26,31)(H,28,30). The van der Waals surface area contributed by atoms with Crippen molar-refractivity contribution in [3.8, 4) is 11.3 Å². The minimum absolute atomic E-state index is 0.0184. The number of amides is 2. The molecule has 4 aromatic rings. The molecule has 0 saturated heterocycles. The van der Waals surface area contributed by atoms with E-state index in [-0.39, 0.29) is 18.1 Å². The molecule has 0 spiro atoms. The molecule has 0 saturated carbocycles. The van der Waals surface area contributed by atoms with E-state index in [0.29, 0.717) is 33.2 Å². The maximum atomic E-state index is 13.8. The molecule has 1 aromatic carbocycles. The fourth-order valence-corrected chi connectivity index (χ4v) is 4.81. The lowest BCUT2D eigenvalue weighted by atomic mass is 10.1. The second kappa shape index (κ2) is 8.20. The number of hydrogen-bond acceptors (Lipinski definition) is 4. The van der Waals surface area contributed by atoms with Gasteiger partial charge in [-0.25, -0.2) is 9.37 Å². The minimum atomic E-state index is -0.574. The summed E-state index contributed by atoms with van der Waals surface area (Å²) in [6, 6.07) is 8.62. The van der Waals surface area contributed by atoms with Crippen molar-refractivity contribution in [1.82, 2.24) is 9.38 Å². The Morgan fingerprint density at radius 2 is 1.91 bits per heavy atom. The molecule has 8 heteroatoms. The summed E-state index contributed by atoms with van der Waals surface area (Å²) in [4.78, 5) is 30.6. The van der Waals surface area contributed by atoms with Crippen LogP contribution in [-0.4, -0.2) is 21.2 Å². The van der Waals surface area contributed by atoms with Gasteiger partial charge in [0.05, 0.1) is 23.4 Å². The third-order valence-corrected chi connectivity index (χ3v) is 6.63. The largest absolute Gasteiger partial charge is 0.365 e. The summed E-state index contributed by atoms with van der Waals surface area (Å²) in [5, 5.41) is 3.29. The molecule has 0 unspecified atom stereocenters. The van der Waals surface area contributed by atoms with Gasteiger partial charge in [-0.1, -0.05) is 6.07 Å². The van der Waals surface area contributed by atoms with Crippen molar-refractivity contribution < 1.29 is 14.0 Å². The SMILES string of the molecule is Cc1ccc2nc(-c3ccc(F)c(C)c3)c(CC(=O)Nc3sc(C)c(C)c3C(N)=O)n2c1. The van der Waals surface area contributed by atoms with Gasteiger partial charge in [0.1, 0.15) is 16.5 Å². The number of fused-ring (bicyclic) bond motifs is 1. The van der Waals surface area contributed by atoms with Crippen LogP contribution in [0.3, 0.4) is 0 Å². The normalized spacial score (nSPS) is 11.2. The molecule has 0 radical (unpaired) electrons. The molecule has 0 aliphatic carbocycles. The number of halogens is 1. The van der Waals surface area contributed by atoms with Gasteiger partial charge in [0, 0.05) is 16.6 Å². The molecule has 0 aliphatic rings. The van der Waals surface area contributed by atoms with Crippen LogP contribution in [0.15, 0.2) is 36.5 Å². The lowest BCUT2D eigenvalue weighted by Gasteiger charge is -2.08. The number of aromatic nitrogens is 2. The summed E-state index contributed by atoms with van der Waals surface area (Å²) < 4.78 is 15.7. The van der Waals surface area contributed by atoms with E-state index in [2.05, 4.69) is 5.32 Å². The van der Waals surface area contributed by atoms with Crippen molar-refractivity contribution in [3.05, 3.63) is 75.2 Å². The lowest BCUT2D eigenvalue weighted by Crippen LogP contribution is -2.19. The number of thiophene rings is 1. The molecule has 32 heavy (non-hydrogen) atoms. The van der Waals surface area contributed by atoms with Crippen LogP contribution in [0.5, 0.6) is 0 Å². The predicted octanol–water partition coefficient (Wildman–Crippen LogP) is 4.72. The van der Waals surface area contributed by atoms with Crippen LogP contribution in [0.2, 0.25) is 0 Å². The number of hydrogen-bond donors (Lipinski definition) is 2. The van der Waals surface area contributed by atoms with Gasteiger partial charge in [0.25, 0.3) is 5.91 Å². The average molecular weight is 451 g/mol. The lowest BCUT2D eigenvalue weighted by molar-refractivity contribution is -0.115. The Morgan fingerprint density at radius 1 is 1.16 bits per heavy atom. The quantitative estimate of drug-likeness (QED) is 0.461. The smallest absolute Gasteiger partial charge is 0.251 e. The molecule has 0 bridgehead atoms. The molecular weight excluding hydrogens is 427 g/mol. The van der Waals surface area contributed by atoms with E-state index in [1.807, 2.05) is 43.5 Å². The van der Waals surface area contributed by atoms with Crippen LogP contribution in [0.4, 0.5) is 9.39 Å². The van der Waals surface area contributed by atoms with Crippen molar-refractivity contribution in [1.29, 1.82) is 0 Å². The topological polar surface area (TPSA) is 89.5 Å². The highest BCUT2D eigenvalue weighted by molar-refractivity contribution is 7.16. The molecule has 164 valence electrons. The summed E-state index contributed by atoms with van der Waals surface area (Å²) in [6.07, 6.45) is 1.93. The number of anilines is 1. The van der Waals surface area contributed by atoms with E-state index in [0.717, 1.165) is 21.6 Å². The van der Waals surface area contributed by atoms with Gasteiger partial charge in [-0.2, -0.15) is 0 Å². The molecule has 4 rings (SSSR count). The molecule has 3 N–H and O–H groups in total. The molecule has 3 heterocycles. The first-order chi connectivity index (χ1) is 15.2. The van der Waals surface area contributed by atoms with Gasteiger partial charge in [0.2, 0.25) is 5.91 Å². The number of rotatable bonds is 5. The van der Waals surface area contributed by atoms with Crippen LogP contribution < -0.4 is 11.1 Å². The van der Waals surface area contributed by atoms with Gasteiger partial charge in [-0.3, -0.25) is 9.59 Å². The van der Waals surface area contributed by atoms with Gasteiger partial charge >= 0.3 is 0 Å². The van der Waals surface area contributed by atoms with Crippen molar-refractivity contribution in [2.24, 2.45) is 5.73 Å². The van der Waals surface area contributed by atoms with Gasteiger partial charge in [-0.15, -0.1) is 11.3 Å². The number of carbonyl (C=O) groups excluding carboxylic acids is 2. The van der Waals surface area contributed by atoms with E-state index in [4.69, 9.17) is 10.7 Å². The number of aryl methyl sites for hydroxylation is 3. The average Bonchev–Trinajstić information content (AvgIpc) is 3.20. The Hall–Kier alpha value is -3.52. The van der Waals surface area contributed by atoms with Gasteiger partial charge < -0.3 is 15.5 Å². The van der Waals surface area contributed by atoms with Crippen LogP contribution in [0.1, 0.15) is 37.6 Å². The molecule has 3 aromatic heterocycles. The summed E-state index contributed by atoms with van der Waals surface area (Å²) in [6.45, 7) is 7.34. The van der Waals surface area contributed by atoms with Gasteiger partial charge in [-0.05, 0) is 68.7 Å². The second-order valence-corrected chi connectivity index (χ2v) is 9.11. The number of benzene rings is 1. The van der Waals surface area contributed by atoms with Crippen LogP contribution in [0.25, 0.3) is 16.9 Å². The number of nitrogens with one attached hydrogen (secondary N) is 1. The second-order valence-electron chi connectivity index (χ2n) is 7.88. The maximum absolute atomic E-state index is 13.8. The van der Waals surface area contributed by atoms with Crippen LogP contribution in [0, 0.1) is 33.5 Å². The Kier molecular flexibility index (Phi) is 5.56. The molecule has 2 amide bonds. The third kappa shape index (κ3) is 3.89. The molecule has 0 atom stereocenters. The number of imidazole rings is 1. The number of carbonyl (C=O) groups is 2. The molecule has 6 nitrogen and oxygen atoms in total. The van der Waals surface area contributed by atoms with E-state index in [1.54, 1.807) is 19.1 Å². The highest BCUT2D eigenvalue weighted by atomic mass is 32.1. The molecular formula is C24H23FN4O2S. The first-order valence-electron chi connectivity index (χ1n) is 10.1. The molecule has 0 aliphatic heterocycles. The highest BCUT2D eigenvalue weighted by Gasteiger charge is 2.22. The Bertz CT molecular complexity index is 1390. The van der Waals surface area contributed by atoms with Crippen molar-refractivity contribution in [3.63, 3.8) is 0 Å². The van der Waals surface area contributed by atoms with Crippen molar-refractivity contribution in [2.45, 2.75) is 34.1 Å². The van der Waals surface area contributed by atoms with Crippen molar-refractivity contribution in [2.75, 3.05) is 5.32 Å². The van der Waals surface area contributed by atoms with E-state index in [1.165, 1.54) is 17.4 Å². The number of pyridine rings is 1. The van der Waals surface area contributed by atoms with Gasteiger partial charge in [0.15, 0.2) is 0 Å². The zero-order chi connectivity index (χ0) is 23.2. The Labute approximate surface area is 188 Å². The number of primary amides is 1. The summed E-state index contributed by atoms with van der Waals surface area (Å²) in [5.74, 6) is -1.16. The fourth-order valence-electron chi connectivity index (χ4n) is 3.73. The predicted molar refractivity (Wildman–Crippen MR) is 125 cm³/mol. The molecule has 0 fully saturated rings. The Balaban J connectivity index is 1.76. The summed E-state index contributed by atoms with van der Waals surface area (Å²) >= 11 is 1.32. The van der Waals surface area contributed by atoms with E-state index in [9.17, 15) is 14.0 Å². The summed E-state index contributed by atoms with van der Waals surface area (Å²) in [7, 11) is 0. The maximum Gasteiger partial charge on any atom is 0.251 e. The monoisotopic (exact) mass is 450 g/mol. The minimum Gasteiger partial charge on any atom is -0.365 e. The fraction of sp³-hybridized carbons (Fsp3) is 0.208. The zero-order valence-electron chi connectivity index (χ0n) is 18.2. The van der Waals surface area contributed by atoms with Crippen molar-refractivity contribution >= 4 is 33.8 Å². The summed E-state index contributed by atoms with van der Waals surface area (Å²) in [5.41, 5.74) is 10.9. The first-order valence-corrected chi connectivity index (χ1v) is 10.9. The van der Waals surface area contributed by atoms with E-state index >= 15 is 0 Å².